The maximum Gasteiger partial charge on any atom is 0.228 e. The molecule has 90 valence electrons. The molecule has 0 atom stereocenters. The van der Waals surface area contributed by atoms with Crippen molar-refractivity contribution in [3.8, 4) is 0 Å². The van der Waals surface area contributed by atoms with Crippen LogP contribution in [-0.2, 0) is 4.57 Å². The van der Waals surface area contributed by atoms with Gasteiger partial charge >= 0.3 is 0 Å². The average Bonchev–Trinajstić information content (AvgIpc) is 2.76. The van der Waals surface area contributed by atoms with E-state index in [1.807, 2.05) is 48.5 Å². The average molecular weight is 290 g/mol. The zero-order valence-electron chi connectivity index (χ0n) is 9.58. The van der Waals surface area contributed by atoms with E-state index in [9.17, 15) is 4.57 Å². The Morgan fingerprint density at radius 1 is 0.944 bits per heavy atom. The van der Waals surface area contributed by atoms with Crippen molar-refractivity contribution in [1.82, 2.24) is 0 Å². The van der Waals surface area contributed by atoms with Gasteiger partial charge in [0.1, 0.15) is 0 Å². The van der Waals surface area contributed by atoms with Crippen LogP contribution in [0.15, 0.2) is 64.9 Å². The molecule has 2 aromatic carbocycles. The van der Waals surface area contributed by atoms with Crippen LogP contribution in [0.25, 0.3) is 6.08 Å². The predicted octanol–water partition coefficient (Wildman–Crippen LogP) is 5.05. The number of rotatable bonds is 2. The fourth-order valence-corrected chi connectivity index (χ4v) is 10.0. The van der Waals surface area contributed by atoms with Crippen molar-refractivity contribution < 1.29 is 4.57 Å². The van der Waals surface area contributed by atoms with Gasteiger partial charge in [0.2, 0.25) is 5.55 Å². The Morgan fingerprint density at radius 2 is 1.50 bits per heavy atom. The lowest BCUT2D eigenvalue weighted by Crippen LogP contribution is -1.97. The summed E-state index contributed by atoms with van der Waals surface area (Å²) in [6.07, 6.45) is 1.80. The minimum atomic E-state index is -2.44. The molecule has 1 nitrogen and oxygen atoms in total. The summed E-state index contributed by atoms with van der Waals surface area (Å²) in [5.74, 6) is 0. The summed E-state index contributed by atoms with van der Waals surface area (Å²) >= 11 is 3.00. The minimum Gasteiger partial charge on any atom is -0.295 e. The zero-order valence-corrected chi connectivity index (χ0v) is 12.1. The molecule has 0 aliphatic carbocycles. The second-order valence-corrected chi connectivity index (χ2v) is 11.6. The summed E-state index contributed by atoms with van der Waals surface area (Å²) in [4.78, 5) is 2.25. The lowest BCUT2D eigenvalue weighted by molar-refractivity contribution is 0.598. The van der Waals surface area contributed by atoms with Crippen LogP contribution in [0.2, 0.25) is 0 Å². The van der Waals surface area contributed by atoms with Gasteiger partial charge in [0.05, 0.1) is 0 Å². The Labute approximate surface area is 115 Å². The first kappa shape index (κ1) is 12.2. The van der Waals surface area contributed by atoms with Crippen LogP contribution in [0.3, 0.4) is 0 Å². The van der Waals surface area contributed by atoms with E-state index in [2.05, 4.69) is 6.58 Å². The van der Waals surface area contributed by atoms with E-state index in [0.29, 0.717) is 0 Å². The molecule has 0 unspecified atom stereocenters. The lowest BCUT2D eigenvalue weighted by atomic mass is 10.2. The summed E-state index contributed by atoms with van der Waals surface area (Å²) in [5.41, 5.74) is -1.38. The molecular formula is C14H11OPS2. The maximum atomic E-state index is 13.0. The Morgan fingerprint density at radius 3 is 2.00 bits per heavy atom. The molecule has 0 saturated carbocycles. The first-order valence-electron chi connectivity index (χ1n) is 5.53. The van der Waals surface area contributed by atoms with Gasteiger partial charge in [-0.1, -0.05) is 36.9 Å². The van der Waals surface area contributed by atoms with Crippen LogP contribution >= 0.6 is 28.3 Å². The van der Waals surface area contributed by atoms with Crippen LogP contribution in [0.1, 0.15) is 5.56 Å². The summed E-state index contributed by atoms with van der Waals surface area (Å²) in [5, 5.41) is 0.916. The number of hydrogen-bond acceptors (Lipinski definition) is 3. The van der Waals surface area contributed by atoms with Crippen molar-refractivity contribution in [2.75, 3.05) is 0 Å². The zero-order chi connectivity index (χ0) is 12.6. The van der Waals surface area contributed by atoms with Crippen LogP contribution < -0.4 is 5.30 Å². The number of hydrogen-bond donors (Lipinski definition) is 0. The summed E-state index contributed by atoms with van der Waals surface area (Å²) in [7, 11) is 0. The Bertz CT molecular complexity index is 620. The van der Waals surface area contributed by atoms with E-state index >= 15 is 0 Å². The predicted molar refractivity (Wildman–Crippen MR) is 81.9 cm³/mol. The quantitative estimate of drug-likeness (QED) is 0.721. The standard InChI is InChI=1S/C14H11OPS2/c1-2-11-7-9-12(10-8-11)16(15)17-13-5-3-4-6-14(13)18-16/h2-10H,1H2. The monoisotopic (exact) mass is 290 g/mol. The first-order chi connectivity index (χ1) is 8.71. The summed E-state index contributed by atoms with van der Waals surface area (Å²) in [6, 6.07) is 15.9. The molecule has 1 aliphatic heterocycles. The number of benzene rings is 2. The third-order valence-electron chi connectivity index (χ3n) is 2.73. The highest BCUT2D eigenvalue weighted by Crippen LogP contribution is 2.78. The lowest BCUT2D eigenvalue weighted by Gasteiger charge is -2.09. The van der Waals surface area contributed by atoms with Gasteiger partial charge in [-0.15, -0.1) is 0 Å². The van der Waals surface area contributed by atoms with Gasteiger partial charge in [0, 0.05) is 15.1 Å². The molecule has 0 fully saturated rings. The number of fused-ring (bicyclic) bond motifs is 1. The van der Waals surface area contributed by atoms with Crippen molar-refractivity contribution in [2.24, 2.45) is 0 Å². The Hall–Kier alpha value is -0.890. The van der Waals surface area contributed by atoms with Gasteiger partial charge < -0.3 is 0 Å². The van der Waals surface area contributed by atoms with E-state index in [1.54, 1.807) is 6.08 Å². The highest BCUT2D eigenvalue weighted by molar-refractivity contribution is 8.93. The molecule has 0 N–H and O–H groups in total. The van der Waals surface area contributed by atoms with Gasteiger partial charge in [-0.05, 0) is 52.6 Å². The Balaban J connectivity index is 1.98. The fourth-order valence-electron chi connectivity index (χ4n) is 1.78. The van der Waals surface area contributed by atoms with E-state index < -0.39 is 5.55 Å². The van der Waals surface area contributed by atoms with Crippen LogP contribution in [-0.4, -0.2) is 0 Å². The van der Waals surface area contributed by atoms with Crippen molar-refractivity contribution in [3.05, 3.63) is 60.7 Å². The molecule has 0 radical (unpaired) electrons. The SMILES string of the molecule is C=Cc1ccc(P2(=O)Sc3ccccc3S2)cc1. The van der Waals surface area contributed by atoms with Gasteiger partial charge in [-0.3, -0.25) is 4.57 Å². The third-order valence-corrected chi connectivity index (χ3v) is 10.6. The summed E-state index contributed by atoms with van der Waals surface area (Å²) < 4.78 is 13.0. The summed E-state index contributed by atoms with van der Waals surface area (Å²) in [6.45, 7) is 3.73. The first-order valence-corrected chi connectivity index (χ1v) is 10.1. The minimum absolute atomic E-state index is 0.916. The van der Waals surface area contributed by atoms with Gasteiger partial charge in [0.25, 0.3) is 0 Å². The molecule has 4 heteroatoms. The molecule has 18 heavy (non-hydrogen) atoms. The molecule has 0 bridgehead atoms. The second-order valence-electron chi connectivity index (χ2n) is 3.92. The molecule has 0 amide bonds. The van der Waals surface area contributed by atoms with Gasteiger partial charge in [-0.2, -0.15) is 0 Å². The van der Waals surface area contributed by atoms with E-state index in [-0.39, 0.29) is 0 Å². The smallest absolute Gasteiger partial charge is 0.228 e. The molecule has 0 aromatic heterocycles. The van der Waals surface area contributed by atoms with E-state index in [1.165, 1.54) is 22.8 Å². The second kappa shape index (κ2) is 4.65. The normalized spacial score (nSPS) is 16.2. The topological polar surface area (TPSA) is 17.1 Å². The fraction of sp³-hybridized carbons (Fsp3) is 0. The molecule has 3 rings (SSSR count). The van der Waals surface area contributed by atoms with Gasteiger partial charge in [-0.25, -0.2) is 0 Å². The van der Waals surface area contributed by atoms with Gasteiger partial charge in [0.15, 0.2) is 0 Å². The highest BCUT2D eigenvalue weighted by Gasteiger charge is 2.35. The van der Waals surface area contributed by atoms with E-state index in [0.717, 1.165) is 20.7 Å². The van der Waals surface area contributed by atoms with Crippen molar-refractivity contribution in [3.63, 3.8) is 0 Å². The molecule has 1 aliphatic rings. The largest absolute Gasteiger partial charge is 0.295 e. The van der Waals surface area contributed by atoms with Crippen molar-refractivity contribution in [1.29, 1.82) is 0 Å². The van der Waals surface area contributed by atoms with Crippen LogP contribution in [0.5, 0.6) is 0 Å². The third kappa shape index (κ3) is 2.07. The van der Waals surface area contributed by atoms with Crippen LogP contribution in [0, 0.1) is 0 Å². The van der Waals surface area contributed by atoms with E-state index in [4.69, 9.17) is 0 Å². The van der Waals surface area contributed by atoms with Crippen LogP contribution in [0.4, 0.5) is 0 Å². The maximum absolute atomic E-state index is 13.0. The molecule has 0 saturated heterocycles. The molecule has 0 spiro atoms. The Kier molecular flexibility index (Phi) is 3.14. The van der Waals surface area contributed by atoms with Crippen molar-refractivity contribution >= 4 is 39.7 Å². The molecule has 1 heterocycles. The molecule has 2 aromatic rings. The highest BCUT2D eigenvalue weighted by atomic mass is 33.1. The van der Waals surface area contributed by atoms with Crippen molar-refractivity contribution in [2.45, 2.75) is 9.79 Å². The molecular weight excluding hydrogens is 279 g/mol.